The Labute approximate surface area is 136 Å². The second-order valence-electron chi connectivity index (χ2n) is 7.21. The first-order valence-electron chi connectivity index (χ1n) is 8.58. The van der Waals surface area contributed by atoms with Gasteiger partial charge in [0.25, 0.3) is 5.56 Å². The highest BCUT2D eigenvalue weighted by atomic mass is 16.1. The fourth-order valence-corrected chi connectivity index (χ4v) is 4.25. The molecule has 0 unspecified atom stereocenters. The van der Waals surface area contributed by atoms with Crippen LogP contribution in [0.2, 0.25) is 0 Å². The molecule has 1 aromatic carbocycles. The van der Waals surface area contributed by atoms with Gasteiger partial charge in [0.05, 0.1) is 0 Å². The lowest BCUT2D eigenvalue weighted by Gasteiger charge is -2.47. The highest BCUT2D eigenvalue weighted by molar-refractivity contribution is 5.54. The first-order valence-corrected chi connectivity index (χ1v) is 8.58. The van der Waals surface area contributed by atoms with Crippen molar-refractivity contribution in [3.8, 4) is 0 Å². The van der Waals surface area contributed by atoms with Crippen LogP contribution in [0.5, 0.6) is 0 Å². The summed E-state index contributed by atoms with van der Waals surface area (Å²) >= 11 is 0. The molecule has 3 fully saturated rings. The summed E-state index contributed by atoms with van der Waals surface area (Å²) < 4.78 is 0. The Bertz CT molecular complexity index is 741. The quantitative estimate of drug-likeness (QED) is 0.899. The van der Waals surface area contributed by atoms with Crippen molar-refractivity contribution in [2.45, 2.75) is 50.9 Å². The van der Waals surface area contributed by atoms with E-state index in [1.165, 1.54) is 44.1 Å². The molecule has 3 aliphatic rings. The lowest BCUT2D eigenvalue weighted by molar-refractivity contribution is 0.136. The van der Waals surface area contributed by atoms with Crippen LogP contribution in [0.1, 0.15) is 49.7 Å². The number of anilines is 2. The van der Waals surface area contributed by atoms with E-state index in [2.05, 4.69) is 39.6 Å². The molecule has 0 radical (unpaired) electrons. The van der Waals surface area contributed by atoms with Gasteiger partial charge in [-0.05, 0) is 74.5 Å². The molecule has 2 aromatic rings. The molecular weight excluding hydrogens is 286 g/mol. The number of nitrogens with one attached hydrogen (secondary N) is 2. The van der Waals surface area contributed by atoms with Crippen molar-refractivity contribution in [1.82, 2.24) is 9.97 Å². The summed E-state index contributed by atoms with van der Waals surface area (Å²) in [4.78, 5) is 18.6. The monoisotopic (exact) mass is 309 g/mol. The van der Waals surface area contributed by atoms with E-state index in [9.17, 15) is 4.79 Å². The number of rotatable bonds is 3. The van der Waals surface area contributed by atoms with Gasteiger partial charge < -0.3 is 5.32 Å². The predicted molar refractivity (Wildman–Crippen MR) is 92.2 cm³/mol. The summed E-state index contributed by atoms with van der Waals surface area (Å²) in [5, 5.41) is 3.18. The second kappa shape index (κ2) is 5.52. The second-order valence-corrected chi connectivity index (χ2v) is 7.21. The van der Waals surface area contributed by atoms with E-state index in [4.69, 9.17) is 0 Å². The van der Waals surface area contributed by atoms with Gasteiger partial charge in [-0.2, -0.15) is 0 Å². The summed E-state index contributed by atoms with van der Waals surface area (Å²) in [6, 6.07) is 8.70. The van der Waals surface area contributed by atoms with E-state index in [1.54, 1.807) is 13.1 Å². The van der Waals surface area contributed by atoms with Crippen molar-refractivity contribution in [3.63, 3.8) is 0 Å². The van der Waals surface area contributed by atoms with Crippen molar-refractivity contribution in [3.05, 3.63) is 51.9 Å². The van der Waals surface area contributed by atoms with Gasteiger partial charge in [0.1, 0.15) is 0 Å². The summed E-state index contributed by atoms with van der Waals surface area (Å²) in [6.07, 6.45) is 9.82. The topological polar surface area (TPSA) is 57.8 Å². The van der Waals surface area contributed by atoms with Crippen molar-refractivity contribution >= 4 is 11.6 Å². The zero-order chi connectivity index (χ0) is 15.9. The third-order valence-corrected chi connectivity index (χ3v) is 5.83. The molecule has 1 heterocycles. The highest BCUT2D eigenvalue weighted by Gasteiger charge is 2.41. The molecule has 0 spiro atoms. The number of hydrogen-bond acceptors (Lipinski definition) is 3. The van der Waals surface area contributed by atoms with Crippen LogP contribution in [-0.4, -0.2) is 9.97 Å². The van der Waals surface area contributed by atoms with Gasteiger partial charge in [0.15, 0.2) is 0 Å². The number of H-pyrrole nitrogens is 1. The third kappa shape index (κ3) is 2.67. The van der Waals surface area contributed by atoms with E-state index >= 15 is 0 Å². The minimum Gasteiger partial charge on any atom is -0.326 e. The molecule has 0 aliphatic heterocycles. The molecule has 120 valence electrons. The maximum absolute atomic E-state index is 11.6. The summed E-state index contributed by atoms with van der Waals surface area (Å²) in [5.41, 5.74) is 3.38. The Morgan fingerprint density at radius 2 is 1.78 bits per heavy atom. The number of hydrogen-bond donors (Lipinski definition) is 2. The zero-order valence-corrected chi connectivity index (χ0v) is 13.6. The van der Waals surface area contributed by atoms with Crippen molar-refractivity contribution in [1.29, 1.82) is 0 Å². The smallest absolute Gasteiger partial charge is 0.255 e. The Balaban J connectivity index is 1.53. The minimum absolute atomic E-state index is 0.100. The van der Waals surface area contributed by atoms with Gasteiger partial charge in [-0.3, -0.25) is 9.78 Å². The Hall–Kier alpha value is -2.10. The molecule has 23 heavy (non-hydrogen) atoms. The average Bonchev–Trinajstić information content (AvgIpc) is 2.60. The number of aromatic nitrogens is 2. The van der Waals surface area contributed by atoms with Crippen molar-refractivity contribution in [2.24, 2.45) is 5.92 Å². The largest absolute Gasteiger partial charge is 0.326 e. The average molecular weight is 309 g/mol. The summed E-state index contributed by atoms with van der Waals surface area (Å²) in [7, 11) is 0. The Morgan fingerprint density at radius 3 is 2.39 bits per heavy atom. The molecule has 3 saturated carbocycles. The molecule has 4 heteroatoms. The predicted octanol–water partition coefficient (Wildman–Crippen LogP) is 4.04. The van der Waals surface area contributed by atoms with Gasteiger partial charge in [-0.15, -0.1) is 0 Å². The maximum atomic E-state index is 11.6. The lowest BCUT2D eigenvalue weighted by atomic mass is 9.58. The van der Waals surface area contributed by atoms with Crippen LogP contribution in [0.15, 0.2) is 35.3 Å². The van der Waals surface area contributed by atoms with Crippen LogP contribution < -0.4 is 10.9 Å². The standard InChI is InChI=1S/C19H23N3O/c1-13-12-20-18(22-17(13)23)21-16-4-2-15(3-5-16)19-9-6-14(7-10-19)8-11-19/h2-5,12,14H,6-11H2,1H3,(H2,20,21,22,23). The normalized spacial score (nSPS) is 26.2. The van der Waals surface area contributed by atoms with Gasteiger partial charge in [0, 0.05) is 17.4 Å². The Morgan fingerprint density at radius 1 is 1.13 bits per heavy atom. The highest BCUT2D eigenvalue weighted by Crippen LogP contribution is 2.51. The molecular formula is C19H23N3O. The van der Waals surface area contributed by atoms with Crippen molar-refractivity contribution in [2.75, 3.05) is 5.32 Å². The third-order valence-electron chi connectivity index (χ3n) is 5.83. The number of fused-ring (bicyclic) bond motifs is 3. The molecule has 2 N–H and O–H groups in total. The summed E-state index contributed by atoms with van der Waals surface area (Å²) in [6.45, 7) is 1.75. The number of benzene rings is 1. The van der Waals surface area contributed by atoms with E-state index in [1.807, 2.05) is 0 Å². The van der Waals surface area contributed by atoms with Crippen molar-refractivity contribution < 1.29 is 0 Å². The van der Waals surface area contributed by atoms with Crippen LogP contribution in [-0.2, 0) is 5.41 Å². The van der Waals surface area contributed by atoms with Crippen LogP contribution >= 0.6 is 0 Å². The lowest BCUT2D eigenvalue weighted by Crippen LogP contribution is -2.37. The fourth-order valence-electron chi connectivity index (χ4n) is 4.25. The molecule has 1 aromatic heterocycles. The molecule has 0 amide bonds. The van der Waals surface area contributed by atoms with E-state index < -0.39 is 0 Å². The fraction of sp³-hybridized carbons (Fsp3) is 0.474. The number of aryl methyl sites for hydroxylation is 1. The van der Waals surface area contributed by atoms with Gasteiger partial charge >= 0.3 is 0 Å². The van der Waals surface area contributed by atoms with Gasteiger partial charge in [-0.1, -0.05) is 12.1 Å². The number of nitrogens with zero attached hydrogens (tertiary/aromatic N) is 1. The van der Waals surface area contributed by atoms with Crippen LogP contribution in [0.25, 0.3) is 0 Å². The first kappa shape index (κ1) is 14.5. The molecule has 4 nitrogen and oxygen atoms in total. The Kier molecular flexibility index (Phi) is 3.47. The SMILES string of the molecule is Cc1cnc(Nc2ccc(C34CCC(CC3)CC4)cc2)[nH]c1=O. The molecule has 3 aliphatic carbocycles. The number of aromatic amines is 1. The van der Waals surface area contributed by atoms with Crippen LogP contribution in [0.4, 0.5) is 11.6 Å². The first-order chi connectivity index (χ1) is 11.1. The van der Waals surface area contributed by atoms with Gasteiger partial charge in [0.2, 0.25) is 5.95 Å². The van der Waals surface area contributed by atoms with Crippen LogP contribution in [0, 0.1) is 12.8 Å². The van der Waals surface area contributed by atoms with Gasteiger partial charge in [-0.25, -0.2) is 4.98 Å². The van der Waals surface area contributed by atoms with E-state index in [0.717, 1.165) is 11.6 Å². The van der Waals surface area contributed by atoms with E-state index in [0.29, 0.717) is 16.9 Å². The molecule has 2 bridgehead atoms. The van der Waals surface area contributed by atoms with E-state index in [-0.39, 0.29) is 5.56 Å². The molecule has 0 saturated heterocycles. The minimum atomic E-state index is -0.100. The summed E-state index contributed by atoms with van der Waals surface area (Å²) in [5.74, 6) is 1.48. The maximum Gasteiger partial charge on any atom is 0.255 e. The molecule has 5 rings (SSSR count). The zero-order valence-electron chi connectivity index (χ0n) is 13.6. The van der Waals surface area contributed by atoms with Crippen LogP contribution in [0.3, 0.4) is 0 Å². The molecule has 0 atom stereocenters.